The molecule has 0 saturated carbocycles. The topological polar surface area (TPSA) is 59.4 Å². The Morgan fingerprint density at radius 3 is 2.71 bits per heavy atom. The summed E-state index contributed by atoms with van der Waals surface area (Å²) < 4.78 is 28.7. The molecule has 0 unspecified atom stereocenters. The molecule has 0 spiro atoms. The van der Waals surface area contributed by atoms with Crippen LogP contribution < -0.4 is 0 Å². The van der Waals surface area contributed by atoms with E-state index in [0.29, 0.717) is 0 Å². The molecule has 1 N–H and O–H groups in total. The molecule has 0 bridgehead atoms. The molecule has 0 saturated heterocycles. The Morgan fingerprint density at radius 2 is 2.21 bits per heavy atom. The van der Waals surface area contributed by atoms with Crippen LogP contribution in [0.4, 0.5) is 8.78 Å². The van der Waals surface area contributed by atoms with Gasteiger partial charge in [-0.05, 0) is 12.1 Å². The highest BCUT2D eigenvalue weighted by atomic mass is 19.3. The van der Waals surface area contributed by atoms with E-state index in [-0.39, 0.29) is 5.69 Å². The fraction of sp³-hybridized carbons (Fsp3) is 0.250. The van der Waals surface area contributed by atoms with E-state index in [0.717, 1.165) is 19.2 Å². The van der Waals surface area contributed by atoms with Crippen LogP contribution in [0.3, 0.4) is 0 Å². The van der Waals surface area contributed by atoms with Crippen LogP contribution >= 0.6 is 0 Å². The van der Waals surface area contributed by atoms with Gasteiger partial charge in [-0.25, -0.2) is 18.6 Å². The van der Waals surface area contributed by atoms with Crippen LogP contribution in [-0.2, 0) is 4.74 Å². The highest BCUT2D eigenvalue weighted by Crippen LogP contribution is 2.25. The summed E-state index contributed by atoms with van der Waals surface area (Å²) in [4.78, 5) is 14.2. The van der Waals surface area contributed by atoms with Crippen molar-refractivity contribution in [2.24, 2.45) is 0 Å². The summed E-state index contributed by atoms with van der Waals surface area (Å²) in [6.45, 7) is 0. The van der Waals surface area contributed by atoms with Gasteiger partial charge in [0.1, 0.15) is 17.1 Å². The molecule has 6 heteroatoms. The van der Waals surface area contributed by atoms with E-state index in [9.17, 15) is 13.6 Å². The van der Waals surface area contributed by atoms with E-state index in [2.05, 4.69) is 9.72 Å². The van der Waals surface area contributed by atoms with Crippen molar-refractivity contribution in [3.63, 3.8) is 0 Å². The molecule has 0 aliphatic carbocycles. The predicted molar refractivity (Wildman–Crippen MR) is 42.2 cm³/mol. The smallest absolute Gasteiger partial charge is 0.356 e. The van der Waals surface area contributed by atoms with E-state index >= 15 is 0 Å². The van der Waals surface area contributed by atoms with Crippen LogP contribution in [0, 0.1) is 0 Å². The van der Waals surface area contributed by atoms with E-state index in [4.69, 9.17) is 5.11 Å². The summed E-state index contributed by atoms with van der Waals surface area (Å²) in [5.74, 6) is -1.47. The number of nitrogens with zero attached hydrogens (tertiary/aromatic N) is 1. The lowest BCUT2D eigenvalue weighted by Gasteiger charge is -2.04. The number of hydrogen-bond donors (Lipinski definition) is 1. The maximum absolute atomic E-state index is 12.2. The number of carbonyl (C=O) groups excluding carboxylic acids is 1. The first-order valence-corrected chi connectivity index (χ1v) is 3.62. The van der Waals surface area contributed by atoms with Gasteiger partial charge in [0, 0.05) is 0 Å². The number of ether oxygens (including phenoxy) is 1. The molecule has 1 heterocycles. The number of alkyl halides is 2. The largest absolute Gasteiger partial charge is 0.506 e. The fourth-order valence-electron chi connectivity index (χ4n) is 0.846. The Bertz CT molecular complexity index is 354. The minimum absolute atomic E-state index is 0.263. The lowest BCUT2D eigenvalue weighted by atomic mass is 10.3. The van der Waals surface area contributed by atoms with Crippen molar-refractivity contribution < 1.29 is 23.4 Å². The molecular weight excluding hydrogens is 196 g/mol. The lowest BCUT2D eigenvalue weighted by molar-refractivity contribution is 0.0592. The number of rotatable bonds is 2. The second kappa shape index (κ2) is 3.99. The number of esters is 1. The molecule has 0 atom stereocenters. The van der Waals surface area contributed by atoms with Crippen LogP contribution in [0.15, 0.2) is 12.1 Å². The number of aromatic nitrogens is 1. The van der Waals surface area contributed by atoms with Crippen LogP contribution in [0.5, 0.6) is 5.75 Å². The quantitative estimate of drug-likeness (QED) is 0.740. The van der Waals surface area contributed by atoms with E-state index in [1.165, 1.54) is 0 Å². The highest BCUT2D eigenvalue weighted by molar-refractivity contribution is 5.87. The molecule has 1 aromatic rings. The van der Waals surface area contributed by atoms with Crippen LogP contribution in [0.2, 0.25) is 0 Å². The minimum atomic E-state index is -2.93. The summed E-state index contributed by atoms with van der Waals surface area (Å²) in [7, 11) is 1.11. The molecule has 76 valence electrons. The van der Waals surface area contributed by atoms with Gasteiger partial charge in [0.25, 0.3) is 6.43 Å². The molecule has 0 fully saturated rings. The standard InChI is InChI=1S/C8H7F2NO3/c1-14-8(13)4-2-3-5(12)6(11-4)7(9)10/h2-3,7,12H,1H3. The summed E-state index contributed by atoms with van der Waals surface area (Å²) in [5.41, 5.74) is -1.09. The first-order valence-electron chi connectivity index (χ1n) is 3.62. The summed E-state index contributed by atoms with van der Waals surface area (Å²) in [5, 5.41) is 8.97. The van der Waals surface area contributed by atoms with Crippen molar-refractivity contribution in [1.29, 1.82) is 0 Å². The molecule has 0 radical (unpaired) electrons. The Hall–Kier alpha value is -1.72. The first-order chi connectivity index (χ1) is 6.56. The zero-order valence-corrected chi connectivity index (χ0v) is 7.20. The van der Waals surface area contributed by atoms with E-state index in [1.54, 1.807) is 0 Å². The second-order valence-corrected chi connectivity index (χ2v) is 2.39. The van der Waals surface area contributed by atoms with Gasteiger partial charge in [-0.3, -0.25) is 0 Å². The average molecular weight is 203 g/mol. The highest BCUT2D eigenvalue weighted by Gasteiger charge is 2.17. The zero-order valence-electron chi connectivity index (χ0n) is 7.20. The summed E-state index contributed by atoms with van der Waals surface area (Å²) >= 11 is 0. The van der Waals surface area contributed by atoms with E-state index in [1.807, 2.05) is 0 Å². The monoisotopic (exact) mass is 203 g/mol. The lowest BCUT2D eigenvalue weighted by Crippen LogP contribution is -2.06. The molecular formula is C8H7F2NO3. The van der Waals surface area contributed by atoms with Gasteiger partial charge in [0.05, 0.1) is 7.11 Å². The van der Waals surface area contributed by atoms with Crippen molar-refractivity contribution in [2.75, 3.05) is 7.11 Å². The van der Waals surface area contributed by atoms with E-state index < -0.39 is 23.8 Å². The third-order valence-electron chi connectivity index (χ3n) is 1.50. The van der Waals surface area contributed by atoms with Gasteiger partial charge >= 0.3 is 5.97 Å². The zero-order chi connectivity index (χ0) is 10.7. The third kappa shape index (κ3) is 1.95. The summed E-state index contributed by atoms with van der Waals surface area (Å²) in [6.07, 6.45) is -2.93. The molecule has 0 aliphatic heterocycles. The van der Waals surface area contributed by atoms with Gasteiger partial charge in [-0.1, -0.05) is 0 Å². The maximum Gasteiger partial charge on any atom is 0.356 e. The molecule has 0 aromatic carbocycles. The second-order valence-electron chi connectivity index (χ2n) is 2.39. The molecule has 1 rings (SSSR count). The number of aromatic hydroxyl groups is 1. The molecule has 1 aromatic heterocycles. The minimum Gasteiger partial charge on any atom is -0.506 e. The van der Waals surface area contributed by atoms with Gasteiger partial charge in [-0.2, -0.15) is 0 Å². The normalized spacial score (nSPS) is 10.3. The van der Waals surface area contributed by atoms with Gasteiger partial charge in [-0.15, -0.1) is 0 Å². The average Bonchev–Trinajstić information content (AvgIpc) is 2.17. The Morgan fingerprint density at radius 1 is 1.57 bits per heavy atom. The first kappa shape index (κ1) is 10.4. The van der Waals surface area contributed by atoms with Crippen molar-refractivity contribution in [1.82, 2.24) is 4.98 Å². The third-order valence-corrected chi connectivity index (χ3v) is 1.50. The number of pyridine rings is 1. The van der Waals surface area contributed by atoms with Crippen molar-refractivity contribution >= 4 is 5.97 Å². The van der Waals surface area contributed by atoms with Crippen molar-refractivity contribution in [2.45, 2.75) is 6.43 Å². The number of hydrogen-bond acceptors (Lipinski definition) is 4. The van der Waals surface area contributed by atoms with Gasteiger partial charge < -0.3 is 9.84 Å². The predicted octanol–water partition coefficient (Wildman–Crippen LogP) is 1.51. The number of halogens is 2. The van der Waals surface area contributed by atoms with Gasteiger partial charge in [0.2, 0.25) is 0 Å². The molecule has 14 heavy (non-hydrogen) atoms. The Balaban J connectivity index is 3.13. The van der Waals surface area contributed by atoms with Gasteiger partial charge in [0.15, 0.2) is 0 Å². The van der Waals surface area contributed by atoms with Crippen LogP contribution in [0.1, 0.15) is 22.6 Å². The number of methoxy groups -OCH3 is 1. The summed E-state index contributed by atoms with van der Waals surface area (Å²) in [6, 6.07) is 2.08. The van der Waals surface area contributed by atoms with Crippen molar-refractivity contribution in [3.05, 3.63) is 23.5 Å². The fourth-order valence-corrected chi connectivity index (χ4v) is 0.846. The van der Waals surface area contributed by atoms with Crippen LogP contribution in [0.25, 0.3) is 0 Å². The van der Waals surface area contributed by atoms with Crippen molar-refractivity contribution in [3.8, 4) is 5.75 Å². The SMILES string of the molecule is COC(=O)c1ccc(O)c(C(F)F)n1. The Kier molecular flexibility index (Phi) is 2.95. The molecule has 0 amide bonds. The molecule has 4 nitrogen and oxygen atoms in total. The Labute approximate surface area is 78.1 Å². The molecule has 0 aliphatic rings. The number of carbonyl (C=O) groups is 1. The maximum atomic E-state index is 12.2. The van der Waals surface area contributed by atoms with Crippen LogP contribution in [-0.4, -0.2) is 23.2 Å².